The van der Waals surface area contributed by atoms with E-state index in [2.05, 4.69) is 10.7 Å². The van der Waals surface area contributed by atoms with E-state index in [9.17, 15) is 19.5 Å². The summed E-state index contributed by atoms with van der Waals surface area (Å²) in [6.45, 7) is 13.5. The molecule has 198 valence electrons. The molecule has 2 aliphatic rings. The molecule has 0 spiro atoms. The van der Waals surface area contributed by atoms with Crippen molar-refractivity contribution in [1.29, 1.82) is 0 Å². The summed E-state index contributed by atoms with van der Waals surface area (Å²) < 4.78 is 17.7. The lowest BCUT2D eigenvalue weighted by atomic mass is 9.78. The molecule has 1 aromatic carbocycles. The molecule has 3 rings (SSSR count). The number of rotatable bonds is 6. The van der Waals surface area contributed by atoms with Gasteiger partial charge in [-0.25, -0.2) is 10.2 Å². The third kappa shape index (κ3) is 6.77. The van der Waals surface area contributed by atoms with Gasteiger partial charge in [0, 0.05) is 13.0 Å². The van der Waals surface area contributed by atoms with E-state index >= 15 is 0 Å². The number of aliphatic carboxylic acids is 1. The first kappa shape index (κ1) is 28.0. The molecule has 11 heteroatoms. The van der Waals surface area contributed by atoms with Crippen molar-refractivity contribution in [3.63, 3.8) is 0 Å². The van der Waals surface area contributed by atoms with E-state index in [4.69, 9.17) is 14.0 Å². The monoisotopic (exact) mass is 503 g/mol. The first-order chi connectivity index (χ1) is 16.6. The van der Waals surface area contributed by atoms with Crippen LogP contribution in [0.3, 0.4) is 0 Å². The molecule has 36 heavy (non-hydrogen) atoms. The zero-order valence-electron chi connectivity index (χ0n) is 22.2. The molecule has 0 aliphatic carbocycles. The van der Waals surface area contributed by atoms with Gasteiger partial charge < -0.3 is 24.5 Å². The van der Waals surface area contributed by atoms with Gasteiger partial charge in [-0.3, -0.25) is 14.6 Å². The number of carbonyl (C=O) groups excluding carboxylic acids is 2. The molecule has 2 aliphatic heterocycles. The molecule has 3 N–H and O–H groups in total. The molecular formula is C25H38BN3O7. The van der Waals surface area contributed by atoms with Crippen molar-refractivity contribution >= 4 is 30.6 Å². The van der Waals surface area contributed by atoms with Crippen molar-refractivity contribution in [2.45, 2.75) is 96.6 Å². The van der Waals surface area contributed by atoms with Gasteiger partial charge >= 0.3 is 19.2 Å². The van der Waals surface area contributed by atoms with Crippen LogP contribution in [0.1, 0.15) is 66.9 Å². The van der Waals surface area contributed by atoms with E-state index in [1.807, 2.05) is 52.0 Å². The number of nitrogens with zero attached hydrogens (tertiary/aromatic N) is 1. The molecule has 10 nitrogen and oxygen atoms in total. The smallest absolute Gasteiger partial charge is 0.480 e. The first-order valence-corrected chi connectivity index (χ1v) is 12.3. The third-order valence-corrected chi connectivity index (χ3v) is 6.66. The van der Waals surface area contributed by atoms with Gasteiger partial charge in [-0.05, 0) is 72.3 Å². The second-order valence-electron chi connectivity index (χ2n) is 11.4. The average Bonchev–Trinajstić information content (AvgIpc) is 2.98. The fourth-order valence-electron chi connectivity index (χ4n) is 4.04. The largest absolute Gasteiger partial charge is 0.494 e. The Morgan fingerprint density at radius 1 is 1.22 bits per heavy atom. The third-order valence-electron chi connectivity index (χ3n) is 6.66. The Balaban J connectivity index is 1.81. The summed E-state index contributed by atoms with van der Waals surface area (Å²) >= 11 is 0. The van der Waals surface area contributed by atoms with E-state index in [1.165, 1.54) is 5.01 Å². The van der Waals surface area contributed by atoms with Gasteiger partial charge in [0.2, 0.25) is 0 Å². The molecule has 2 heterocycles. The number of hydrogen-bond acceptors (Lipinski definition) is 7. The standard InChI is InChI=1S/C25H38BN3O7/c1-23(2,3)34-22(33)27-19(20(30)29-13-9-12-18(28-29)21(31)32)15-16-10-8-11-17(14-16)26-35-24(4,5)25(6,7)36-26/h8,10-11,14,18-19,28H,9,12-13,15H2,1-7H3,(H,27,33)(H,31,32). The SMILES string of the molecule is CC(C)(C)OC(=O)NC(Cc1cccc(B2OC(C)(C)C(C)(C)O2)c1)C(=O)N1CCCC(C(=O)O)N1. The van der Waals surface area contributed by atoms with Crippen molar-refractivity contribution in [2.75, 3.05) is 6.54 Å². The second-order valence-corrected chi connectivity index (χ2v) is 11.4. The summed E-state index contributed by atoms with van der Waals surface area (Å²) in [7, 11) is -0.567. The summed E-state index contributed by atoms with van der Waals surface area (Å²) in [6.07, 6.45) is 0.391. The Morgan fingerprint density at radius 2 is 1.86 bits per heavy atom. The van der Waals surface area contributed by atoms with Gasteiger partial charge in [0.25, 0.3) is 5.91 Å². The van der Waals surface area contributed by atoms with Gasteiger partial charge in [-0.1, -0.05) is 24.3 Å². The van der Waals surface area contributed by atoms with Crippen molar-refractivity contribution in [2.24, 2.45) is 0 Å². The molecule has 0 radical (unpaired) electrons. The highest BCUT2D eigenvalue weighted by molar-refractivity contribution is 6.62. The Bertz CT molecular complexity index is 976. The van der Waals surface area contributed by atoms with Crippen LogP contribution >= 0.6 is 0 Å². The predicted molar refractivity (Wildman–Crippen MR) is 135 cm³/mol. The lowest BCUT2D eigenvalue weighted by Gasteiger charge is -2.34. The molecule has 0 saturated carbocycles. The van der Waals surface area contributed by atoms with Gasteiger partial charge in [-0.2, -0.15) is 0 Å². The quantitative estimate of drug-likeness (QED) is 0.504. The number of carboxylic acids is 1. The maximum Gasteiger partial charge on any atom is 0.494 e. The first-order valence-electron chi connectivity index (χ1n) is 12.3. The number of nitrogens with one attached hydrogen (secondary N) is 2. The summed E-state index contributed by atoms with van der Waals surface area (Å²) in [6, 6.07) is 5.65. The van der Waals surface area contributed by atoms with Crippen molar-refractivity contribution in [1.82, 2.24) is 15.8 Å². The summed E-state index contributed by atoms with van der Waals surface area (Å²) in [5.41, 5.74) is 2.62. The highest BCUT2D eigenvalue weighted by Crippen LogP contribution is 2.36. The molecule has 2 amide bonds. The maximum absolute atomic E-state index is 13.4. The normalized spacial score (nSPS) is 22.1. The van der Waals surface area contributed by atoms with Crippen molar-refractivity contribution in [3.8, 4) is 0 Å². The van der Waals surface area contributed by atoms with Crippen LogP contribution in [0.15, 0.2) is 24.3 Å². The van der Waals surface area contributed by atoms with E-state index in [-0.39, 0.29) is 6.42 Å². The maximum atomic E-state index is 13.4. The van der Waals surface area contributed by atoms with Gasteiger partial charge in [-0.15, -0.1) is 0 Å². The minimum absolute atomic E-state index is 0.168. The molecule has 0 bridgehead atoms. The zero-order valence-corrected chi connectivity index (χ0v) is 22.2. The average molecular weight is 503 g/mol. The van der Waals surface area contributed by atoms with E-state index < -0.39 is 54.0 Å². The predicted octanol–water partition coefficient (Wildman–Crippen LogP) is 2.00. The Morgan fingerprint density at radius 3 is 2.44 bits per heavy atom. The van der Waals surface area contributed by atoms with Crippen molar-refractivity contribution < 1.29 is 33.5 Å². The zero-order chi connectivity index (χ0) is 26.9. The number of benzene rings is 1. The number of hydrogen-bond donors (Lipinski definition) is 3. The van der Waals surface area contributed by atoms with Crippen LogP contribution in [-0.2, 0) is 30.1 Å². The molecular weight excluding hydrogens is 465 g/mol. The van der Waals surface area contributed by atoms with Gasteiger partial charge in [0.15, 0.2) is 0 Å². The van der Waals surface area contributed by atoms with Crippen LogP contribution < -0.4 is 16.2 Å². The van der Waals surface area contributed by atoms with E-state index in [0.29, 0.717) is 19.4 Å². The van der Waals surface area contributed by atoms with Gasteiger partial charge in [0.05, 0.1) is 11.2 Å². The topological polar surface area (TPSA) is 126 Å². The number of alkyl carbamates (subject to hydrolysis) is 1. The molecule has 0 aromatic heterocycles. The molecule has 1 aromatic rings. The molecule has 2 atom stereocenters. The molecule has 2 saturated heterocycles. The van der Waals surface area contributed by atoms with Crippen LogP contribution in [0.2, 0.25) is 0 Å². The Hall–Kier alpha value is -2.63. The number of carbonyl (C=O) groups is 3. The van der Waals surface area contributed by atoms with Crippen LogP contribution in [0, 0.1) is 0 Å². The van der Waals surface area contributed by atoms with Crippen LogP contribution in [0.4, 0.5) is 4.79 Å². The number of hydrazine groups is 1. The minimum atomic E-state index is -1.03. The minimum Gasteiger partial charge on any atom is -0.480 e. The number of carboxylic acid groups (broad SMARTS) is 1. The second kappa shape index (κ2) is 10.4. The highest BCUT2D eigenvalue weighted by Gasteiger charge is 2.51. The van der Waals surface area contributed by atoms with Crippen molar-refractivity contribution in [3.05, 3.63) is 29.8 Å². The van der Waals surface area contributed by atoms with Gasteiger partial charge in [0.1, 0.15) is 17.7 Å². The van der Waals surface area contributed by atoms with Crippen LogP contribution in [0.25, 0.3) is 0 Å². The Kier molecular flexibility index (Phi) is 8.07. The lowest BCUT2D eigenvalue weighted by molar-refractivity contribution is -0.147. The van der Waals surface area contributed by atoms with Crippen LogP contribution in [0.5, 0.6) is 0 Å². The Labute approximate surface area is 213 Å². The number of amides is 2. The molecule has 2 unspecified atom stereocenters. The fraction of sp³-hybridized carbons (Fsp3) is 0.640. The summed E-state index contributed by atoms with van der Waals surface area (Å²) in [5, 5.41) is 13.3. The summed E-state index contributed by atoms with van der Waals surface area (Å²) in [5.74, 6) is -1.47. The lowest BCUT2D eigenvalue weighted by Crippen LogP contribution is -2.60. The van der Waals surface area contributed by atoms with E-state index in [0.717, 1.165) is 11.0 Å². The van der Waals surface area contributed by atoms with E-state index in [1.54, 1.807) is 20.8 Å². The summed E-state index contributed by atoms with van der Waals surface area (Å²) in [4.78, 5) is 37.5. The number of ether oxygens (including phenoxy) is 1. The fourth-order valence-corrected chi connectivity index (χ4v) is 4.04. The highest BCUT2D eigenvalue weighted by atomic mass is 16.7. The van der Waals surface area contributed by atoms with Crippen LogP contribution in [-0.4, -0.2) is 70.6 Å². The molecule has 2 fully saturated rings.